The van der Waals surface area contributed by atoms with Gasteiger partial charge in [0, 0.05) is 39.3 Å². The van der Waals surface area contributed by atoms with Crippen molar-refractivity contribution in [3.05, 3.63) is 35.9 Å². The Bertz CT molecular complexity index is 452. The van der Waals surface area contributed by atoms with Crippen molar-refractivity contribution in [2.45, 2.75) is 19.5 Å². The van der Waals surface area contributed by atoms with Crippen LogP contribution in [0.25, 0.3) is 0 Å². The fraction of sp³-hybridized carbons (Fsp3) is 0.562. The van der Waals surface area contributed by atoms with Gasteiger partial charge < -0.3 is 15.3 Å². The van der Waals surface area contributed by atoms with Crippen LogP contribution in [0.1, 0.15) is 12.5 Å². The Morgan fingerprint density at radius 3 is 2.76 bits per heavy atom. The molecule has 5 nitrogen and oxygen atoms in total. The lowest BCUT2D eigenvalue weighted by Gasteiger charge is -2.22. The number of carbonyl (C=O) groups is 1. The summed E-state index contributed by atoms with van der Waals surface area (Å²) in [7, 11) is 1.70. The molecule has 2 N–H and O–H groups in total. The summed E-state index contributed by atoms with van der Waals surface area (Å²) in [4.78, 5) is 15.9. The van der Waals surface area contributed by atoms with E-state index < -0.39 is 0 Å². The van der Waals surface area contributed by atoms with Crippen LogP contribution < -0.4 is 5.32 Å². The van der Waals surface area contributed by atoms with Gasteiger partial charge in [-0.2, -0.15) is 0 Å². The van der Waals surface area contributed by atoms with Gasteiger partial charge in [-0.25, -0.2) is 4.79 Å². The Morgan fingerprint density at radius 2 is 2.10 bits per heavy atom. The second kappa shape index (κ2) is 7.43. The molecule has 1 aliphatic rings. The van der Waals surface area contributed by atoms with Crippen LogP contribution in [0.2, 0.25) is 0 Å². The molecule has 1 aliphatic heterocycles. The van der Waals surface area contributed by atoms with Crippen LogP contribution in [0.4, 0.5) is 4.79 Å². The highest BCUT2D eigenvalue weighted by atomic mass is 16.3. The van der Waals surface area contributed by atoms with Gasteiger partial charge in [0.2, 0.25) is 0 Å². The maximum Gasteiger partial charge on any atom is 0.317 e. The summed E-state index contributed by atoms with van der Waals surface area (Å²) in [5, 5.41) is 11.9. The molecule has 0 aromatic heterocycles. The average Bonchev–Trinajstić information content (AvgIpc) is 2.80. The van der Waals surface area contributed by atoms with E-state index in [1.807, 2.05) is 6.07 Å². The molecular formula is C16H25N3O2. The van der Waals surface area contributed by atoms with E-state index in [0.29, 0.717) is 12.5 Å². The number of nitrogens with one attached hydrogen (secondary N) is 1. The van der Waals surface area contributed by atoms with E-state index in [2.05, 4.69) is 41.4 Å². The molecule has 0 aliphatic carbocycles. The first-order chi connectivity index (χ1) is 10.1. The molecule has 2 atom stereocenters. The Hall–Kier alpha value is -1.59. The Labute approximate surface area is 126 Å². The molecule has 0 saturated carbocycles. The topological polar surface area (TPSA) is 55.8 Å². The zero-order valence-electron chi connectivity index (χ0n) is 12.8. The summed E-state index contributed by atoms with van der Waals surface area (Å²) >= 11 is 0. The number of likely N-dealkylation sites (N-methyl/N-ethyl adjacent to an activating group) is 1. The first kappa shape index (κ1) is 15.8. The number of amides is 2. The van der Waals surface area contributed by atoms with E-state index in [-0.39, 0.29) is 18.7 Å². The molecule has 21 heavy (non-hydrogen) atoms. The van der Waals surface area contributed by atoms with E-state index >= 15 is 0 Å². The van der Waals surface area contributed by atoms with Gasteiger partial charge in [0.15, 0.2) is 0 Å². The first-order valence-electron chi connectivity index (χ1n) is 7.49. The standard InChI is InChI=1S/C16H25N3O2/c1-13-10-19(11-14-6-4-3-5-7-14)12-15(13)17-16(21)18(2)8-9-20/h3-7,13,15,20H,8-12H2,1-2H3,(H,17,21)/t13-,15+/m0/s1. The lowest BCUT2D eigenvalue weighted by molar-refractivity contribution is 0.185. The summed E-state index contributed by atoms with van der Waals surface area (Å²) in [6, 6.07) is 10.5. The van der Waals surface area contributed by atoms with Gasteiger partial charge in [0.25, 0.3) is 0 Å². The molecular weight excluding hydrogens is 266 g/mol. The summed E-state index contributed by atoms with van der Waals surface area (Å²) in [6.07, 6.45) is 0. The van der Waals surface area contributed by atoms with Gasteiger partial charge in [0.1, 0.15) is 0 Å². The van der Waals surface area contributed by atoms with Crippen molar-refractivity contribution >= 4 is 6.03 Å². The van der Waals surface area contributed by atoms with Gasteiger partial charge in [-0.3, -0.25) is 4.90 Å². The number of carbonyl (C=O) groups excluding carboxylic acids is 1. The number of likely N-dealkylation sites (tertiary alicyclic amines) is 1. The Balaban J connectivity index is 1.85. The van der Waals surface area contributed by atoms with Crippen LogP contribution in [-0.2, 0) is 6.54 Å². The monoisotopic (exact) mass is 291 g/mol. The van der Waals surface area contributed by atoms with E-state index in [1.165, 1.54) is 10.5 Å². The number of benzene rings is 1. The maximum absolute atomic E-state index is 12.0. The zero-order chi connectivity index (χ0) is 15.2. The van der Waals surface area contributed by atoms with Crippen molar-refractivity contribution in [2.24, 2.45) is 5.92 Å². The van der Waals surface area contributed by atoms with E-state index in [9.17, 15) is 4.79 Å². The molecule has 1 aromatic rings. The normalized spacial score (nSPS) is 22.2. The SMILES string of the molecule is C[C@H]1CN(Cc2ccccc2)C[C@H]1NC(=O)N(C)CCO. The van der Waals surface area contributed by atoms with Crippen molar-refractivity contribution in [1.29, 1.82) is 0 Å². The second-order valence-corrected chi connectivity index (χ2v) is 5.86. The molecule has 0 radical (unpaired) electrons. The molecule has 1 saturated heterocycles. The largest absolute Gasteiger partial charge is 0.395 e. The van der Waals surface area contributed by atoms with Gasteiger partial charge in [-0.15, -0.1) is 0 Å². The molecule has 5 heteroatoms. The van der Waals surface area contributed by atoms with Gasteiger partial charge in [-0.05, 0) is 11.5 Å². The van der Waals surface area contributed by atoms with Crippen molar-refractivity contribution in [3.8, 4) is 0 Å². The van der Waals surface area contributed by atoms with Crippen LogP contribution in [0.3, 0.4) is 0 Å². The molecule has 2 rings (SSSR count). The third kappa shape index (κ3) is 4.44. The summed E-state index contributed by atoms with van der Waals surface area (Å²) in [6.45, 7) is 5.30. The molecule has 2 amide bonds. The predicted molar refractivity (Wildman–Crippen MR) is 82.9 cm³/mol. The van der Waals surface area contributed by atoms with Gasteiger partial charge in [0.05, 0.1) is 6.61 Å². The van der Waals surface area contributed by atoms with Crippen LogP contribution in [0.15, 0.2) is 30.3 Å². The highest BCUT2D eigenvalue weighted by Crippen LogP contribution is 2.19. The van der Waals surface area contributed by atoms with Crippen molar-refractivity contribution in [2.75, 3.05) is 33.3 Å². The minimum absolute atomic E-state index is 0.00965. The number of rotatable bonds is 5. The van der Waals surface area contributed by atoms with Crippen molar-refractivity contribution < 1.29 is 9.90 Å². The highest BCUT2D eigenvalue weighted by molar-refractivity contribution is 5.74. The van der Waals surface area contributed by atoms with Crippen LogP contribution in [0.5, 0.6) is 0 Å². The molecule has 1 aromatic carbocycles. The van der Waals surface area contributed by atoms with E-state index in [4.69, 9.17) is 5.11 Å². The predicted octanol–water partition coefficient (Wildman–Crippen LogP) is 1.14. The average molecular weight is 291 g/mol. The summed E-state index contributed by atoms with van der Waals surface area (Å²) in [5.41, 5.74) is 1.30. The minimum atomic E-state index is -0.109. The maximum atomic E-state index is 12.0. The van der Waals surface area contributed by atoms with E-state index in [0.717, 1.165) is 19.6 Å². The quantitative estimate of drug-likeness (QED) is 0.855. The number of aliphatic hydroxyl groups is 1. The first-order valence-corrected chi connectivity index (χ1v) is 7.49. The smallest absolute Gasteiger partial charge is 0.317 e. The van der Waals surface area contributed by atoms with Crippen LogP contribution >= 0.6 is 0 Å². The third-order valence-electron chi connectivity index (χ3n) is 4.03. The fourth-order valence-electron chi connectivity index (χ4n) is 2.75. The number of aliphatic hydroxyl groups excluding tert-OH is 1. The highest BCUT2D eigenvalue weighted by Gasteiger charge is 2.31. The lowest BCUT2D eigenvalue weighted by atomic mass is 10.1. The molecule has 0 bridgehead atoms. The van der Waals surface area contributed by atoms with Gasteiger partial charge >= 0.3 is 6.03 Å². The van der Waals surface area contributed by atoms with E-state index in [1.54, 1.807) is 7.05 Å². The Kier molecular flexibility index (Phi) is 5.59. The van der Waals surface area contributed by atoms with Gasteiger partial charge in [-0.1, -0.05) is 37.3 Å². The van der Waals surface area contributed by atoms with Crippen molar-refractivity contribution in [1.82, 2.24) is 15.1 Å². The number of urea groups is 1. The lowest BCUT2D eigenvalue weighted by Crippen LogP contribution is -2.46. The van der Waals surface area contributed by atoms with Crippen LogP contribution in [0, 0.1) is 5.92 Å². The third-order valence-corrected chi connectivity index (χ3v) is 4.03. The van der Waals surface area contributed by atoms with Crippen molar-refractivity contribution in [3.63, 3.8) is 0 Å². The molecule has 1 fully saturated rings. The summed E-state index contributed by atoms with van der Waals surface area (Å²) in [5.74, 6) is 0.431. The van der Waals surface area contributed by atoms with Crippen LogP contribution in [-0.4, -0.2) is 60.3 Å². The second-order valence-electron chi connectivity index (χ2n) is 5.86. The number of hydrogen-bond acceptors (Lipinski definition) is 3. The summed E-state index contributed by atoms with van der Waals surface area (Å²) < 4.78 is 0. The fourth-order valence-corrected chi connectivity index (χ4v) is 2.75. The Morgan fingerprint density at radius 1 is 1.38 bits per heavy atom. The molecule has 116 valence electrons. The molecule has 1 heterocycles. The zero-order valence-corrected chi connectivity index (χ0v) is 12.8. The molecule has 0 unspecified atom stereocenters. The number of nitrogens with zero attached hydrogens (tertiary/aromatic N) is 2. The minimum Gasteiger partial charge on any atom is -0.395 e. The number of hydrogen-bond donors (Lipinski definition) is 2. The molecule has 0 spiro atoms.